The van der Waals surface area contributed by atoms with Crippen LogP contribution in [0.1, 0.15) is 18.5 Å². The summed E-state index contributed by atoms with van der Waals surface area (Å²) in [6, 6.07) is 3.84. The zero-order chi connectivity index (χ0) is 11.4. The first-order valence-electron chi connectivity index (χ1n) is 5.59. The average molecular weight is 222 g/mol. The van der Waals surface area contributed by atoms with E-state index in [0.717, 1.165) is 37.5 Å². The van der Waals surface area contributed by atoms with Gasteiger partial charge in [0.05, 0.1) is 12.8 Å². The van der Waals surface area contributed by atoms with Crippen LogP contribution in [-0.4, -0.2) is 31.9 Å². The third-order valence-corrected chi connectivity index (χ3v) is 3.35. The van der Waals surface area contributed by atoms with Crippen LogP contribution >= 0.6 is 0 Å². The Bertz CT molecular complexity index is 349. The molecular weight excluding hydrogens is 204 g/mol. The van der Waals surface area contributed by atoms with Gasteiger partial charge in [0.25, 0.3) is 0 Å². The molecule has 2 N–H and O–H groups in total. The van der Waals surface area contributed by atoms with Crippen LogP contribution in [0.25, 0.3) is 0 Å². The SMILES string of the molecule is COc1ccnc(C2(CN)CCOCC2)c1. The van der Waals surface area contributed by atoms with E-state index >= 15 is 0 Å². The van der Waals surface area contributed by atoms with E-state index in [0.29, 0.717) is 6.54 Å². The monoisotopic (exact) mass is 222 g/mol. The van der Waals surface area contributed by atoms with Gasteiger partial charge in [-0.1, -0.05) is 0 Å². The van der Waals surface area contributed by atoms with Gasteiger partial charge in [-0.3, -0.25) is 4.98 Å². The highest BCUT2D eigenvalue weighted by Crippen LogP contribution is 2.33. The second kappa shape index (κ2) is 4.80. The molecule has 2 rings (SSSR count). The van der Waals surface area contributed by atoms with Crippen LogP contribution in [0, 0.1) is 0 Å². The third-order valence-electron chi connectivity index (χ3n) is 3.35. The van der Waals surface area contributed by atoms with Crippen molar-refractivity contribution in [2.24, 2.45) is 5.73 Å². The van der Waals surface area contributed by atoms with Crippen molar-refractivity contribution in [3.05, 3.63) is 24.0 Å². The number of rotatable bonds is 3. The quantitative estimate of drug-likeness (QED) is 0.832. The van der Waals surface area contributed by atoms with Crippen LogP contribution in [0.5, 0.6) is 5.75 Å². The fourth-order valence-corrected chi connectivity index (χ4v) is 2.16. The molecule has 1 saturated heterocycles. The van der Waals surface area contributed by atoms with Crippen LogP contribution in [0.15, 0.2) is 18.3 Å². The maximum absolute atomic E-state index is 5.93. The summed E-state index contributed by atoms with van der Waals surface area (Å²) >= 11 is 0. The van der Waals surface area contributed by atoms with Crippen molar-refractivity contribution >= 4 is 0 Å². The van der Waals surface area contributed by atoms with Gasteiger partial charge in [0.1, 0.15) is 5.75 Å². The summed E-state index contributed by atoms with van der Waals surface area (Å²) in [6.45, 7) is 2.13. The molecule has 0 saturated carbocycles. The fourth-order valence-electron chi connectivity index (χ4n) is 2.16. The Labute approximate surface area is 95.8 Å². The molecule has 88 valence electrons. The highest BCUT2D eigenvalue weighted by molar-refractivity contribution is 5.28. The van der Waals surface area contributed by atoms with E-state index in [4.69, 9.17) is 15.2 Å². The highest BCUT2D eigenvalue weighted by atomic mass is 16.5. The lowest BCUT2D eigenvalue weighted by Crippen LogP contribution is -2.41. The molecule has 2 heterocycles. The van der Waals surface area contributed by atoms with Crippen LogP contribution in [0.4, 0.5) is 0 Å². The van der Waals surface area contributed by atoms with Gasteiger partial charge in [0.2, 0.25) is 0 Å². The van der Waals surface area contributed by atoms with Crippen LogP contribution < -0.4 is 10.5 Å². The summed E-state index contributed by atoms with van der Waals surface area (Å²) in [4.78, 5) is 4.44. The number of ether oxygens (including phenoxy) is 2. The Morgan fingerprint density at radius 2 is 2.25 bits per heavy atom. The molecule has 1 aromatic rings. The van der Waals surface area contributed by atoms with Crippen molar-refractivity contribution in [3.63, 3.8) is 0 Å². The van der Waals surface area contributed by atoms with Gasteiger partial charge >= 0.3 is 0 Å². The van der Waals surface area contributed by atoms with Gasteiger partial charge in [0, 0.05) is 37.4 Å². The largest absolute Gasteiger partial charge is 0.497 e. The first-order valence-corrected chi connectivity index (χ1v) is 5.59. The van der Waals surface area contributed by atoms with Crippen LogP contribution in [0.2, 0.25) is 0 Å². The zero-order valence-electron chi connectivity index (χ0n) is 9.61. The van der Waals surface area contributed by atoms with E-state index in [1.807, 2.05) is 12.1 Å². The lowest BCUT2D eigenvalue weighted by atomic mass is 9.77. The predicted octanol–water partition coefficient (Wildman–Crippen LogP) is 1.10. The van der Waals surface area contributed by atoms with E-state index in [-0.39, 0.29) is 5.41 Å². The summed E-state index contributed by atoms with van der Waals surface area (Å²) in [5.41, 5.74) is 6.92. The van der Waals surface area contributed by atoms with Gasteiger partial charge < -0.3 is 15.2 Å². The first-order chi connectivity index (χ1) is 7.80. The standard InChI is InChI=1S/C12H18N2O2/c1-15-10-2-5-14-11(8-10)12(9-13)3-6-16-7-4-12/h2,5,8H,3-4,6-7,9,13H2,1H3. The Hall–Kier alpha value is -1.13. The fraction of sp³-hybridized carbons (Fsp3) is 0.583. The van der Waals surface area contributed by atoms with Crippen molar-refractivity contribution in [2.75, 3.05) is 26.9 Å². The van der Waals surface area contributed by atoms with E-state index < -0.39 is 0 Å². The van der Waals surface area contributed by atoms with Crippen molar-refractivity contribution in [2.45, 2.75) is 18.3 Å². The Morgan fingerprint density at radius 1 is 1.50 bits per heavy atom. The third kappa shape index (κ3) is 2.03. The maximum Gasteiger partial charge on any atom is 0.122 e. The van der Waals surface area contributed by atoms with E-state index in [2.05, 4.69) is 4.98 Å². The second-order valence-corrected chi connectivity index (χ2v) is 4.18. The van der Waals surface area contributed by atoms with Crippen molar-refractivity contribution in [1.29, 1.82) is 0 Å². The van der Waals surface area contributed by atoms with Gasteiger partial charge in [-0.15, -0.1) is 0 Å². The number of aromatic nitrogens is 1. The zero-order valence-corrected chi connectivity index (χ0v) is 9.61. The Kier molecular flexibility index (Phi) is 3.41. The Balaban J connectivity index is 2.31. The molecule has 4 heteroatoms. The molecule has 0 unspecified atom stereocenters. The van der Waals surface area contributed by atoms with Crippen molar-refractivity contribution in [1.82, 2.24) is 4.98 Å². The molecule has 1 fully saturated rings. The maximum atomic E-state index is 5.93. The minimum Gasteiger partial charge on any atom is -0.497 e. The summed E-state index contributed by atoms with van der Waals surface area (Å²) in [6.07, 6.45) is 3.65. The summed E-state index contributed by atoms with van der Waals surface area (Å²) in [5.74, 6) is 0.837. The smallest absolute Gasteiger partial charge is 0.122 e. The van der Waals surface area contributed by atoms with Gasteiger partial charge in [-0.05, 0) is 18.9 Å². The molecule has 0 radical (unpaired) electrons. The van der Waals surface area contributed by atoms with Gasteiger partial charge in [-0.2, -0.15) is 0 Å². The molecule has 4 nitrogen and oxygen atoms in total. The number of hydrogen-bond donors (Lipinski definition) is 1. The minimum atomic E-state index is -0.0349. The van der Waals surface area contributed by atoms with Crippen LogP contribution in [-0.2, 0) is 10.2 Å². The molecule has 0 spiro atoms. The van der Waals surface area contributed by atoms with Crippen molar-refractivity contribution in [3.8, 4) is 5.75 Å². The second-order valence-electron chi connectivity index (χ2n) is 4.18. The molecule has 0 aromatic carbocycles. The van der Waals surface area contributed by atoms with E-state index in [9.17, 15) is 0 Å². The normalized spacial score (nSPS) is 19.4. The molecule has 0 amide bonds. The number of methoxy groups -OCH3 is 1. The number of hydrogen-bond acceptors (Lipinski definition) is 4. The topological polar surface area (TPSA) is 57.4 Å². The van der Waals surface area contributed by atoms with Crippen molar-refractivity contribution < 1.29 is 9.47 Å². The first kappa shape index (κ1) is 11.4. The number of pyridine rings is 1. The summed E-state index contributed by atoms with van der Waals surface area (Å²) in [7, 11) is 1.66. The number of nitrogens with zero attached hydrogens (tertiary/aromatic N) is 1. The summed E-state index contributed by atoms with van der Waals surface area (Å²) in [5, 5.41) is 0. The molecule has 16 heavy (non-hydrogen) atoms. The lowest BCUT2D eigenvalue weighted by Gasteiger charge is -2.35. The van der Waals surface area contributed by atoms with E-state index in [1.165, 1.54) is 0 Å². The molecular formula is C12H18N2O2. The van der Waals surface area contributed by atoms with Gasteiger partial charge in [0.15, 0.2) is 0 Å². The highest BCUT2D eigenvalue weighted by Gasteiger charge is 2.34. The molecule has 0 bridgehead atoms. The molecule has 1 aliphatic heterocycles. The molecule has 0 atom stereocenters. The molecule has 1 aromatic heterocycles. The lowest BCUT2D eigenvalue weighted by molar-refractivity contribution is 0.0514. The Morgan fingerprint density at radius 3 is 2.88 bits per heavy atom. The summed E-state index contributed by atoms with van der Waals surface area (Å²) < 4.78 is 10.6. The average Bonchev–Trinajstić information content (AvgIpc) is 2.39. The number of nitrogens with two attached hydrogens (primary N) is 1. The van der Waals surface area contributed by atoms with Crippen LogP contribution in [0.3, 0.4) is 0 Å². The predicted molar refractivity (Wildman–Crippen MR) is 61.6 cm³/mol. The van der Waals surface area contributed by atoms with E-state index in [1.54, 1.807) is 13.3 Å². The molecule has 1 aliphatic rings. The molecule has 0 aliphatic carbocycles. The minimum absolute atomic E-state index is 0.0349. The van der Waals surface area contributed by atoms with Gasteiger partial charge in [-0.25, -0.2) is 0 Å².